The molecule has 0 bridgehead atoms. The second-order valence-electron chi connectivity index (χ2n) is 7.12. The van der Waals surface area contributed by atoms with Crippen LogP contribution in [0.25, 0.3) is 0 Å². The molecule has 1 atom stereocenters. The zero-order valence-electron chi connectivity index (χ0n) is 15.4. The minimum absolute atomic E-state index is 0.0803. The molecule has 2 aromatic rings. The normalized spacial score (nSPS) is 16.3. The van der Waals surface area contributed by atoms with Gasteiger partial charge in [0, 0.05) is 13.1 Å². The predicted octanol–water partition coefficient (Wildman–Crippen LogP) is 3.05. The Kier molecular flexibility index (Phi) is 6.29. The molecule has 1 aliphatic rings. The van der Waals surface area contributed by atoms with Crippen molar-refractivity contribution in [2.45, 2.75) is 31.7 Å². The smallest absolute Gasteiger partial charge is 0.239 e. The average molecular weight is 352 g/mol. The monoisotopic (exact) mass is 352 g/mol. The third-order valence-electron chi connectivity index (χ3n) is 5.23. The summed E-state index contributed by atoms with van der Waals surface area (Å²) in [5.41, 5.74) is 8.61. The van der Waals surface area contributed by atoms with Crippen LogP contribution in [0.4, 0.5) is 0 Å². The molecule has 138 valence electrons. The molecule has 0 aliphatic carbocycles. The number of likely N-dealkylation sites (tertiary alicyclic amines) is 1. The number of nitrogens with two attached hydrogens (primary N) is 1. The summed E-state index contributed by atoms with van der Waals surface area (Å²) in [4.78, 5) is 14.6. The second-order valence-corrected chi connectivity index (χ2v) is 7.12. The van der Waals surface area contributed by atoms with Crippen molar-refractivity contribution in [2.24, 2.45) is 11.7 Å². The van der Waals surface area contributed by atoms with Crippen LogP contribution in [-0.2, 0) is 17.6 Å². The summed E-state index contributed by atoms with van der Waals surface area (Å²) < 4.78 is 5.21. The molecule has 0 aromatic heterocycles. The van der Waals surface area contributed by atoms with Crippen LogP contribution in [0.5, 0.6) is 5.75 Å². The van der Waals surface area contributed by atoms with Gasteiger partial charge in [-0.25, -0.2) is 0 Å². The molecule has 3 rings (SSSR count). The van der Waals surface area contributed by atoms with E-state index in [0.717, 1.165) is 43.7 Å². The molecule has 4 heteroatoms. The lowest BCUT2D eigenvalue weighted by Crippen LogP contribution is -2.48. The van der Waals surface area contributed by atoms with E-state index in [1.54, 1.807) is 7.11 Å². The molecule has 0 saturated carbocycles. The first-order chi connectivity index (χ1) is 12.7. The van der Waals surface area contributed by atoms with Crippen molar-refractivity contribution in [3.05, 3.63) is 65.7 Å². The number of carbonyl (C=O) groups is 1. The van der Waals surface area contributed by atoms with Crippen molar-refractivity contribution >= 4 is 5.91 Å². The van der Waals surface area contributed by atoms with Gasteiger partial charge in [0.25, 0.3) is 0 Å². The van der Waals surface area contributed by atoms with Crippen LogP contribution in [0.2, 0.25) is 0 Å². The fraction of sp³-hybridized carbons (Fsp3) is 0.409. The Morgan fingerprint density at radius 2 is 1.73 bits per heavy atom. The van der Waals surface area contributed by atoms with E-state index in [2.05, 4.69) is 12.1 Å². The van der Waals surface area contributed by atoms with Crippen molar-refractivity contribution in [3.8, 4) is 5.75 Å². The zero-order valence-corrected chi connectivity index (χ0v) is 15.4. The van der Waals surface area contributed by atoms with E-state index in [-0.39, 0.29) is 5.91 Å². The number of benzene rings is 2. The van der Waals surface area contributed by atoms with Crippen LogP contribution in [-0.4, -0.2) is 37.0 Å². The lowest BCUT2D eigenvalue weighted by Gasteiger charge is -2.33. The fourth-order valence-electron chi connectivity index (χ4n) is 3.64. The van der Waals surface area contributed by atoms with Crippen LogP contribution in [0, 0.1) is 5.92 Å². The fourth-order valence-corrected chi connectivity index (χ4v) is 3.64. The molecule has 1 heterocycles. The number of methoxy groups -OCH3 is 1. The number of hydrogen-bond donors (Lipinski definition) is 1. The van der Waals surface area contributed by atoms with Crippen molar-refractivity contribution in [2.75, 3.05) is 20.2 Å². The highest BCUT2D eigenvalue weighted by Gasteiger charge is 2.26. The molecule has 1 amide bonds. The maximum absolute atomic E-state index is 12.6. The number of amides is 1. The molecule has 2 N–H and O–H groups in total. The standard InChI is InChI=1S/C22H28N2O2/c1-26-20-9-7-18(8-10-20)15-19-11-13-24(14-12-19)22(25)21(23)16-17-5-3-2-4-6-17/h2-10,19,21H,11-16,23H2,1H3/t21-/m0/s1. The van der Waals surface area contributed by atoms with Gasteiger partial charge in [0.1, 0.15) is 5.75 Å². The second kappa shape index (κ2) is 8.86. The van der Waals surface area contributed by atoms with Gasteiger partial charge in [-0.15, -0.1) is 0 Å². The van der Waals surface area contributed by atoms with Crippen LogP contribution in [0.15, 0.2) is 54.6 Å². The topological polar surface area (TPSA) is 55.6 Å². The predicted molar refractivity (Wildman–Crippen MR) is 104 cm³/mol. The summed E-state index contributed by atoms with van der Waals surface area (Å²) in [6.07, 6.45) is 3.74. The van der Waals surface area contributed by atoms with Gasteiger partial charge in [-0.2, -0.15) is 0 Å². The van der Waals surface area contributed by atoms with E-state index in [1.165, 1.54) is 5.56 Å². The Balaban J connectivity index is 1.47. The quantitative estimate of drug-likeness (QED) is 0.869. The number of ether oxygens (including phenoxy) is 1. The van der Waals surface area contributed by atoms with E-state index in [4.69, 9.17) is 10.5 Å². The van der Waals surface area contributed by atoms with Gasteiger partial charge in [-0.05, 0) is 54.9 Å². The Labute approximate surface area is 156 Å². The zero-order chi connectivity index (χ0) is 18.4. The summed E-state index contributed by atoms with van der Waals surface area (Å²) in [7, 11) is 1.68. The number of carbonyl (C=O) groups excluding carboxylic acids is 1. The molecule has 0 radical (unpaired) electrons. The van der Waals surface area contributed by atoms with Crippen molar-refractivity contribution < 1.29 is 9.53 Å². The summed E-state index contributed by atoms with van der Waals surface area (Å²) in [6, 6.07) is 17.8. The van der Waals surface area contributed by atoms with Crippen molar-refractivity contribution in [1.29, 1.82) is 0 Å². The van der Waals surface area contributed by atoms with Gasteiger partial charge in [0.15, 0.2) is 0 Å². The number of rotatable bonds is 6. The van der Waals surface area contributed by atoms with Crippen LogP contribution < -0.4 is 10.5 Å². The first-order valence-electron chi connectivity index (χ1n) is 9.37. The SMILES string of the molecule is COc1ccc(CC2CCN(C(=O)[C@@H](N)Cc3ccccc3)CC2)cc1. The highest BCUT2D eigenvalue weighted by molar-refractivity contribution is 5.82. The van der Waals surface area contributed by atoms with E-state index < -0.39 is 6.04 Å². The Morgan fingerprint density at radius 1 is 1.08 bits per heavy atom. The van der Waals surface area contributed by atoms with Gasteiger partial charge < -0.3 is 15.4 Å². The van der Waals surface area contributed by atoms with Gasteiger partial charge in [-0.1, -0.05) is 42.5 Å². The Bertz CT molecular complexity index is 692. The minimum atomic E-state index is -0.449. The number of piperidine rings is 1. The highest BCUT2D eigenvalue weighted by Crippen LogP contribution is 2.23. The van der Waals surface area contributed by atoms with E-state index in [0.29, 0.717) is 12.3 Å². The number of nitrogens with zero attached hydrogens (tertiary/aromatic N) is 1. The lowest BCUT2D eigenvalue weighted by molar-refractivity contribution is -0.133. The van der Waals surface area contributed by atoms with Crippen LogP contribution in [0.1, 0.15) is 24.0 Å². The van der Waals surface area contributed by atoms with Crippen molar-refractivity contribution in [1.82, 2.24) is 4.90 Å². The number of hydrogen-bond acceptors (Lipinski definition) is 3. The molecule has 0 spiro atoms. The molecule has 1 fully saturated rings. The lowest BCUT2D eigenvalue weighted by atomic mass is 9.90. The maximum Gasteiger partial charge on any atom is 0.239 e. The van der Waals surface area contributed by atoms with Gasteiger partial charge in [0.2, 0.25) is 5.91 Å². The summed E-state index contributed by atoms with van der Waals surface area (Å²) in [6.45, 7) is 1.62. The molecule has 2 aromatic carbocycles. The first-order valence-corrected chi connectivity index (χ1v) is 9.37. The third-order valence-corrected chi connectivity index (χ3v) is 5.23. The maximum atomic E-state index is 12.6. The summed E-state index contributed by atoms with van der Waals surface area (Å²) >= 11 is 0. The van der Waals surface area contributed by atoms with Gasteiger partial charge >= 0.3 is 0 Å². The molecule has 0 unspecified atom stereocenters. The summed E-state index contributed by atoms with van der Waals surface area (Å²) in [5, 5.41) is 0. The largest absolute Gasteiger partial charge is 0.497 e. The Morgan fingerprint density at radius 3 is 2.35 bits per heavy atom. The van der Waals surface area contributed by atoms with Crippen LogP contribution >= 0.6 is 0 Å². The van der Waals surface area contributed by atoms with Gasteiger partial charge in [-0.3, -0.25) is 4.79 Å². The van der Waals surface area contributed by atoms with E-state index in [1.807, 2.05) is 47.4 Å². The first kappa shape index (κ1) is 18.5. The molecule has 1 saturated heterocycles. The van der Waals surface area contributed by atoms with Crippen LogP contribution in [0.3, 0.4) is 0 Å². The molecule has 1 aliphatic heterocycles. The van der Waals surface area contributed by atoms with Crippen molar-refractivity contribution in [3.63, 3.8) is 0 Å². The molecule has 26 heavy (non-hydrogen) atoms. The molecular weight excluding hydrogens is 324 g/mol. The Hall–Kier alpha value is -2.33. The van der Waals surface area contributed by atoms with E-state index >= 15 is 0 Å². The van der Waals surface area contributed by atoms with E-state index in [9.17, 15) is 4.79 Å². The van der Waals surface area contributed by atoms with Gasteiger partial charge in [0.05, 0.1) is 13.2 Å². The summed E-state index contributed by atoms with van der Waals surface area (Å²) in [5.74, 6) is 1.59. The molecule has 4 nitrogen and oxygen atoms in total. The highest BCUT2D eigenvalue weighted by atomic mass is 16.5. The molecular formula is C22H28N2O2. The minimum Gasteiger partial charge on any atom is -0.497 e. The third kappa shape index (κ3) is 4.85. The average Bonchev–Trinajstić information content (AvgIpc) is 2.69.